The van der Waals surface area contributed by atoms with Crippen molar-refractivity contribution in [2.75, 3.05) is 38.0 Å². The van der Waals surface area contributed by atoms with Gasteiger partial charge in [0.05, 0.1) is 32.7 Å². The molecule has 1 aliphatic rings. The maximum atomic E-state index is 12.2. The fourth-order valence-corrected chi connectivity index (χ4v) is 2.60. The van der Waals surface area contributed by atoms with Crippen molar-refractivity contribution in [2.24, 2.45) is 0 Å². The molecule has 5 nitrogen and oxygen atoms in total. The van der Waals surface area contributed by atoms with E-state index in [1.165, 1.54) is 0 Å². The number of nitriles is 1. The zero-order chi connectivity index (χ0) is 15.9. The van der Waals surface area contributed by atoms with Crippen LogP contribution in [-0.2, 0) is 4.79 Å². The molecule has 0 unspecified atom stereocenters. The molecule has 1 aromatic carbocycles. The molecule has 22 heavy (non-hydrogen) atoms. The summed E-state index contributed by atoms with van der Waals surface area (Å²) >= 11 is 5.88. The van der Waals surface area contributed by atoms with Gasteiger partial charge in [-0.1, -0.05) is 17.7 Å². The van der Waals surface area contributed by atoms with Crippen molar-refractivity contribution in [3.8, 4) is 6.07 Å². The monoisotopic (exact) mass is 319 g/mol. The zero-order valence-corrected chi connectivity index (χ0v) is 13.4. The summed E-state index contributed by atoms with van der Waals surface area (Å²) in [6.07, 6.45) is 1.66. The Balaban J connectivity index is 2.00. The lowest BCUT2D eigenvalue weighted by Gasteiger charge is -2.30. The van der Waals surface area contributed by atoms with Crippen LogP contribution < -0.4 is 10.2 Å². The van der Waals surface area contributed by atoms with Gasteiger partial charge in [-0.25, -0.2) is 0 Å². The smallest absolute Gasteiger partial charge is 0.267 e. The van der Waals surface area contributed by atoms with Gasteiger partial charge in [0.2, 0.25) is 0 Å². The van der Waals surface area contributed by atoms with Crippen LogP contribution in [-0.4, -0.2) is 43.5 Å². The van der Waals surface area contributed by atoms with Crippen LogP contribution in [0.25, 0.3) is 0 Å². The number of amides is 1. The minimum absolute atomic E-state index is 0.111. The van der Waals surface area contributed by atoms with E-state index in [0.717, 1.165) is 32.7 Å². The van der Waals surface area contributed by atoms with Crippen molar-refractivity contribution in [1.29, 1.82) is 5.26 Å². The molecule has 1 saturated heterocycles. The number of benzene rings is 1. The molecule has 2 N–H and O–H groups in total. The number of carbonyl (C=O) groups excluding carboxylic acids is 1. The van der Waals surface area contributed by atoms with E-state index in [2.05, 4.69) is 12.2 Å². The van der Waals surface area contributed by atoms with Gasteiger partial charge in [0.1, 0.15) is 11.6 Å². The van der Waals surface area contributed by atoms with Gasteiger partial charge in [0, 0.05) is 16.9 Å². The minimum Gasteiger partial charge on any atom is -0.365 e. The molecule has 0 saturated carbocycles. The Bertz CT molecular complexity index is 600. The first-order valence-electron chi connectivity index (χ1n) is 7.39. The van der Waals surface area contributed by atoms with Crippen molar-refractivity contribution in [3.63, 3.8) is 0 Å². The van der Waals surface area contributed by atoms with Gasteiger partial charge >= 0.3 is 0 Å². The number of anilines is 1. The number of nitrogens with zero attached hydrogens (tertiary/aromatic N) is 2. The van der Waals surface area contributed by atoms with Crippen molar-refractivity contribution in [3.05, 3.63) is 41.1 Å². The van der Waals surface area contributed by atoms with Gasteiger partial charge in [-0.3, -0.25) is 4.79 Å². The summed E-state index contributed by atoms with van der Waals surface area (Å²) in [6.45, 7) is 7.05. The van der Waals surface area contributed by atoms with E-state index in [4.69, 9.17) is 11.6 Å². The van der Waals surface area contributed by atoms with E-state index < -0.39 is 5.91 Å². The zero-order valence-electron chi connectivity index (χ0n) is 12.6. The summed E-state index contributed by atoms with van der Waals surface area (Å²) in [5.41, 5.74) is 0.693. The molecule has 0 spiro atoms. The first-order chi connectivity index (χ1) is 10.6. The number of hydrogen-bond donors (Lipinski definition) is 2. The molecule has 1 aliphatic heterocycles. The van der Waals surface area contributed by atoms with Gasteiger partial charge in [0.15, 0.2) is 0 Å². The molecule has 2 rings (SSSR count). The maximum Gasteiger partial charge on any atom is 0.267 e. The summed E-state index contributed by atoms with van der Waals surface area (Å²) in [4.78, 5) is 15.8. The SMILES string of the molecule is CC[NH+]1CCN(/C=C(\C#N)C(=O)Nc2cccc(Cl)c2)CC1. The van der Waals surface area contributed by atoms with Gasteiger partial charge in [-0.2, -0.15) is 5.26 Å². The maximum absolute atomic E-state index is 12.2. The van der Waals surface area contributed by atoms with Crippen LogP contribution >= 0.6 is 11.6 Å². The number of halogens is 1. The van der Waals surface area contributed by atoms with E-state index in [1.807, 2.05) is 11.0 Å². The second-order valence-electron chi connectivity index (χ2n) is 5.26. The molecule has 0 aromatic heterocycles. The number of carbonyl (C=O) groups is 1. The van der Waals surface area contributed by atoms with E-state index >= 15 is 0 Å². The van der Waals surface area contributed by atoms with E-state index in [1.54, 1.807) is 35.4 Å². The highest BCUT2D eigenvalue weighted by molar-refractivity contribution is 6.31. The standard InChI is InChI=1S/C16H19ClN4O/c1-2-20-6-8-21(9-7-20)12-13(11-18)16(22)19-15-5-3-4-14(17)10-15/h3-5,10,12H,2,6-9H2,1H3,(H,19,22)/p+1/b13-12+. The summed E-state index contributed by atoms with van der Waals surface area (Å²) in [6, 6.07) is 8.85. The first-order valence-corrected chi connectivity index (χ1v) is 7.76. The third-order valence-corrected chi connectivity index (χ3v) is 4.00. The minimum atomic E-state index is -0.407. The topological polar surface area (TPSA) is 60.6 Å². The fraction of sp³-hybridized carbons (Fsp3) is 0.375. The lowest BCUT2D eigenvalue weighted by molar-refractivity contribution is -0.902. The Morgan fingerprint density at radius 3 is 2.82 bits per heavy atom. The average molecular weight is 320 g/mol. The van der Waals surface area contributed by atoms with Crippen LogP contribution in [0.15, 0.2) is 36.0 Å². The number of quaternary nitrogens is 1. The molecular weight excluding hydrogens is 300 g/mol. The molecule has 0 bridgehead atoms. The van der Waals surface area contributed by atoms with Crippen LogP contribution in [0.5, 0.6) is 0 Å². The van der Waals surface area contributed by atoms with Gasteiger partial charge in [0.25, 0.3) is 5.91 Å². The van der Waals surface area contributed by atoms with Gasteiger partial charge in [-0.05, 0) is 25.1 Å². The normalized spacial score (nSPS) is 16.2. The highest BCUT2D eigenvalue weighted by Crippen LogP contribution is 2.15. The van der Waals surface area contributed by atoms with Crippen LogP contribution in [0.2, 0.25) is 5.02 Å². The molecule has 116 valence electrons. The van der Waals surface area contributed by atoms with E-state index in [0.29, 0.717) is 10.7 Å². The van der Waals surface area contributed by atoms with Crippen LogP contribution in [0.1, 0.15) is 6.92 Å². The second kappa shape index (κ2) is 7.83. The van der Waals surface area contributed by atoms with Crippen LogP contribution in [0, 0.1) is 11.3 Å². The highest BCUT2D eigenvalue weighted by atomic mass is 35.5. The van der Waals surface area contributed by atoms with Gasteiger partial charge in [-0.15, -0.1) is 0 Å². The third-order valence-electron chi connectivity index (χ3n) is 3.76. The van der Waals surface area contributed by atoms with Crippen molar-refractivity contribution < 1.29 is 9.69 Å². The average Bonchev–Trinajstić information content (AvgIpc) is 2.53. The number of nitrogens with one attached hydrogen (secondary N) is 2. The third kappa shape index (κ3) is 4.48. The molecule has 0 atom stereocenters. The van der Waals surface area contributed by atoms with Crippen molar-refractivity contribution in [2.45, 2.75) is 6.92 Å². The molecule has 6 heteroatoms. The molecule has 0 aliphatic carbocycles. The molecular formula is C16H20ClN4O+. The Morgan fingerprint density at radius 1 is 1.50 bits per heavy atom. The molecule has 0 radical (unpaired) electrons. The summed E-state index contributed by atoms with van der Waals surface area (Å²) in [7, 11) is 0. The van der Waals surface area contributed by atoms with Crippen LogP contribution in [0.4, 0.5) is 5.69 Å². The molecule has 1 fully saturated rings. The quantitative estimate of drug-likeness (QED) is 0.640. The highest BCUT2D eigenvalue weighted by Gasteiger charge is 2.18. The number of likely N-dealkylation sites (N-methyl/N-ethyl adjacent to an activating group) is 1. The lowest BCUT2D eigenvalue weighted by atomic mass is 10.2. The lowest BCUT2D eigenvalue weighted by Crippen LogP contribution is -3.14. The predicted molar refractivity (Wildman–Crippen MR) is 86.6 cm³/mol. The predicted octanol–water partition coefficient (Wildman–Crippen LogP) is 0.906. The Kier molecular flexibility index (Phi) is 5.82. The first kappa shape index (κ1) is 16.3. The number of piperazine rings is 1. The number of hydrogen-bond acceptors (Lipinski definition) is 3. The molecule has 1 amide bonds. The van der Waals surface area contributed by atoms with E-state index in [9.17, 15) is 10.1 Å². The van der Waals surface area contributed by atoms with E-state index in [-0.39, 0.29) is 5.57 Å². The Labute approximate surface area is 135 Å². The molecule has 1 heterocycles. The summed E-state index contributed by atoms with van der Waals surface area (Å²) in [5, 5.41) is 12.5. The number of rotatable bonds is 4. The van der Waals surface area contributed by atoms with Crippen LogP contribution in [0.3, 0.4) is 0 Å². The summed E-state index contributed by atoms with van der Waals surface area (Å²) < 4.78 is 0. The molecule has 1 aromatic rings. The fourth-order valence-electron chi connectivity index (χ4n) is 2.41. The largest absolute Gasteiger partial charge is 0.365 e. The van der Waals surface area contributed by atoms with Gasteiger partial charge < -0.3 is 15.1 Å². The van der Waals surface area contributed by atoms with Crippen molar-refractivity contribution in [1.82, 2.24) is 4.90 Å². The summed E-state index contributed by atoms with van der Waals surface area (Å²) in [5.74, 6) is -0.407. The Morgan fingerprint density at radius 2 is 2.23 bits per heavy atom. The second-order valence-corrected chi connectivity index (χ2v) is 5.70. The Hall–Kier alpha value is -2.03. The van der Waals surface area contributed by atoms with Crippen molar-refractivity contribution >= 4 is 23.2 Å².